The van der Waals surface area contributed by atoms with Gasteiger partial charge in [0.1, 0.15) is 5.69 Å². The van der Waals surface area contributed by atoms with Gasteiger partial charge < -0.3 is 16.4 Å². The van der Waals surface area contributed by atoms with Crippen LogP contribution in [-0.4, -0.2) is 28.9 Å². The van der Waals surface area contributed by atoms with Crippen LogP contribution < -0.4 is 16.4 Å². The van der Waals surface area contributed by atoms with Crippen molar-refractivity contribution in [3.63, 3.8) is 0 Å². The quantitative estimate of drug-likeness (QED) is 0.734. The highest BCUT2D eigenvalue weighted by atomic mass is 16.2. The Bertz CT molecular complexity index is 550. The van der Waals surface area contributed by atoms with Gasteiger partial charge in [0, 0.05) is 12.1 Å². The Morgan fingerprint density at radius 3 is 2.85 bits per heavy atom. The lowest BCUT2D eigenvalue weighted by molar-refractivity contribution is -0.115. The van der Waals surface area contributed by atoms with Crippen LogP contribution in [0.4, 0.5) is 5.69 Å². The molecule has 1 fully saturated rings. The third kappa shape index (κ3) is 2.65. The first-order valence-electron chi connectivity index (χ1n) is 6.97. The molecule has 106 valence electrons. The number of nitrogens with two attached hydrogens (primary N) is 1. The average molecular weight is 274 g/mol. The van der Waals surface area contributed by atoms with Gasteiger partial charge >= 0.3 is 0 Å². The molecule has 1 aliphatic heterocycles. The number of nitrogens with zero attached hydrogens (tertiary/aromatic N) is 1. The lowest BCUT2D eigenvalue weighted by Gasteiger charge is -2.26. The number of pyridine rings is 1. The first-order chi connectivity index (χ1) is 9.61. The third-order valence-corrected chi connectivity index (χ3v) is 3.95. The first kappa shape index (κ1) is 13.1. The van der Waals surface area contributed by atoms with E-state index in [9.17, 15) is 9.59 Å². The van der Waals surface area contributed by atoms with Crippen LogP contribution >= 0.6 is 0 Å². The van der Waals surface area contributed by atoms with Crippen LogP contribution in [-0.2, 0) is 11.2 Å². The minimum atomic E-state index is -0.173. The van der Waals surface area contributed by atoms with Gasteiger partial charge in [-0.2, -0.15) is 0 Å². The van der Waals surface area contributed by atoms with Crippen molar-refractivity contribution in [1.29, 1.82) is 0 Å². The van der Waals surface area contributed by atoms with Crippen LogP contribution in [0.1, 0.15) is 41.7 Å². The molecule has 3 rings (SSSR count). The summed E-state index contributed by atoms with van der Waals surface area (Å²) in [5.41, 5.74) is 7.76. The Labute approximate surface area is 117 Å². The number of nitrogens with one attached hydrogen (secondary N) is 2. The number of carbonyl (C=O) groups excluding carboxylic acids is 2. The number of anilines is 1. The van der Waals surface area contributed by atoms with Crippen molar-refractivity contribution in [1.82, 2.24) is 10.3 Å². The molecule has 1 aliphatic carbocycles. The number of aromatic nitrogens is 1. The minimum Gasteiger partial charge on any atom is -0.348 e. The monoisotopic (exact) mass is 274 g/mol. The van der Waals surface area contributed by atoms with E-state index in [1.54, 1.807) is 12.3 Å². The van der Waals surface area contributed by atoms with Gasteiger partial charge in [-0.15, -0.1) is 0 Å². The second kappa shape index (κ2) is 5.20. The van der Waals surface area contributed by atoms with E-state index in [0.717, 1.165) is 31.2 Å². The second-order valence-corrected chi connectivity index (χ2v) is 5.54. The zero-order valence-electron chi connectivity index (χ0n) is 11.2. The number of hydrogen-bond donors (Lipinski definition) is 3. The summed E-state index contributed by atoms with van der Waals surface area (Å²) in [6.45, 7) is 0. The molecule has 0 spiro atoms. The predicted octanol–water partition coefficient (Wildman–Crippen LogP) is 0.576. The Balaban J connectivity index is 1.66. The zero-order valence-corrected chi connectivity index (χ0v) is 11.2. The molecule has 6 heteroatoms. The zero-order chi connectivity index (χ0) is 14.1. The molecule has 1 aromatic heterocycles. The number of rotatable bonds is 2. The SMILES string of the molecule is N[C@H]1CC[C@H](NC(=O)c2cc3c(cn2)NC(=O)C3)CC1. The van der Waals surface area contributed by atoms with Crippen LogP contribution in [0.2, 0.25) is 0 Å². The number of carbonyl (C=O) groups is 2. The number of fused-ring (bicyclic) bond motifs is 1. The molecule has 4 N–H and O–H groups in total. The molecule has 0 atom stereocenters. The lowest BCUT2D eigenvalue weighted by atomic mass is 9.92. The van der Waals surface area contributed by atoms with E-state index >= 15 is 0 Å². The summed E-state index contributed by atoms with van der Waals surface area (Å²) in [4.78, 5) is 27.6. The molecule has 0 bridgehead atoms. The minimum absolute atomic E-state index is 0.0550. The molecule has 1 saturated carbocycles. The highest BCUT2D eigenvalue weighted by Crippen LogP contribution is 2.22. The maximum Gasteiger partial charge on any atom is 0.270 e. The van der Waals surface area contributed by atoms with E-state index in [0.29, 0.717) is 17.8 Å². The summed E-state index contributed by atoms with van der Waals surface area (Å²) in [6, 6.07) is 2.13. The number of amides is 2. The van der Waals surface area contributed by atoms with Crippen molar-refractivity contribution in [3.05, 3.63) is 23.5 Å². The van der Waals surface area contributed by atoms with E-state index < -0.39 is 0 Å². The standard InChI is InChI=1S/C14H18N4O2/c15-9-1-3-10(4-2-9)17-14(20)11-5-8-6-13(19)18-12(8)7-16-11/h5,7,9-10H,1-4,6,15H2,(H,17,20)(H,18,19)/t9-,10-. The summed E-state index contributed by atoms with van der Waals surface area (Å²) in [5.74, 6) is -0.228. The highest BCUT2D eigenvalue weighted by Gasteiger charge is 2.23. The van der Waals surface area contributed by atoms with Crippen molar-refractivity contribution in [3.8, 4) is 0 Å². The van der Waals surface area contributed by atoms with Crippen molar-refractivity contribution < 1.29 is 9.59 Å². The van der Waals surface area contributed by atoms with Gasteiger partial charge in [-0.3, -0.25) is 9.59 Å². The molecule has 0 saturated heterocycles. The molecular formula is C14H18N4O2. The van der Waals surface area contributed by atoms with Gasteiger partial charge in [-0.25, -0.2) is 4.98 Å². The van der Waals surface area contributed by atoms with Crippen molar-refractivity contribution in [2.24, 2.45) is 5.73 Å². The van der Waals surface area contributed by atoms with Gasteiger partial charge in [-0.05, 0) is 37.3 Å². The first-order valence-corrected chi connectivity index (χ1v) is 6.97. The molecule has 0 aromatic carbocycles. The molecular weight excluding hydrogens is 256 g/mol. The molecule has 20 heavy (non-hydrogen) atoms. The largest absolute Gasteiger partial charge is 0.348 e. The molecule has 1 aromatic rings. The smallest absolute Gasteiger partial charge is 0.270 e. The second-order valence-electron chi connectivity index (χ2n) is 5.54. The maximum absolute atomic E-state index is 12.2. The van der Waals surface area contributed by atoms with E-state index in [1.807, 2.05) is 0 Å². The molecule has 0 unspecified atom stereocenters. The van der Waals surface area contributed by atoms with Gasteiger partial charge in [0.15, 0.2) is 0 Å². The fourth-order valence-corrected chi connectivity index (χ4v) is 2.77. The third-order valence-electron chi connectivity index (χ3n) is 3.95. The van der Waals surface area contributed by atoms with Crippen LogP contribution in [0.25, 0.3) is 0 Å². The Morgan fingerprint density at radius 2 is 2.10 bits per heavy atom. The van der Waals surface area contributed by atoms with E-state index in [-0.39, 0.29) is 23.9 Å². The van der Waals surface area contributed by atoms with Crippen molar-refractivity contribution >= 4 is 17.5 Å². The highest BCUT2D eigenvalue weighted by molar-refractivity contribution is 6.00. The van der Waals surface area contributed by atoms with Crippen molar-refractivity contribution in [2.75, 3.05) is 5.32 Å². The molecule has 0 radical (unpaired) electrons. The molecule has 2 heterocycles. The van der Waals surface area contributed by atoms with Crippen molar-refractivity contribution in [2.45, 2.75) is 44.2 Å². The topological polar surface area (TPSA) is 97.1 Å². The molecule has 2 aliphatic rings. The fourth-order valence-electron chi connectivity index (χ4n) is 2.77. The summed E-state index contributed by atoms with van der Waals surface area (Å²) >= 11 is 0. The summed E-state index contributed by atoms with van der Waals surface area (Å²) < 4.78 is 0. The van der Waals surface area contributed by atoms with E-state index in [4.69, 9.17) is 5.73 Å². The summed E-state index contributed by atoms with van der Waals surface area (Å²) in [6.07, 6.45) is 5.58. The van der Waals surface area contributed by atoms with E-state index in [1.165, 1.54) is 0 Å². The summed E-state index contributed by atoms with van der Waals surface area (Å²) in [7, 11) is 0. The van der Waals surface area contributed by atoms with Crippen LogP contribution in [0.15, 0.2) is 12.3 Å². The predicted molar refractivity (Wildman–Crippen MR) is 74.3 cm³/mol. The Morgan fingerprint density at radius 1 is 1.35 bits per heavy atom. The van der Waals surface area contributed by atoms with Crippen LogP contribution in [0.3, 0.4) is 0 Å². The average Bonchev–Trinajstić information content (AvgIpc) is 2.80. The lowest BCUT2D eigenvalue weighted by Crippen LogP contribution is -2.40. The van der Waals surface area contributed by atoms with Crippen LogP contribution in [0, 0.1) is 0 Å². The number of hydrogen-bond acceptors (Lipinski definition) is 4. The van der Waals surface area contributed by atoms with Gasteiger partial charge in [0.25, 0.3) is 5.91 Å². The maximum atomic E-state index is 12.2. The Hall–Kier alpha value is -1.95. The molecule has 6 nitrogen and oxygen atoms in total. The molecule has 2 amide bonds. The van der Waals surface area contributed by atoms with Gasteiger partial charge in [-0.1, -0.05) is 0 Å². The van der Waals surface area contributed by atoms with Gasteiger partial charge in [0.2, 0.25) is 5.91 Å². The van der Waals surface area contributed by atoms with Crippen LogP contribution in [0.5, 0.6) is 0 Å². The van der Waals surface area contributed by atoms with Gasteiger partial charge in [0.05, 0.1) is 18.3 Å². The van der Waals surface area contributed by atoms with E-state index in [2.05, 4.69) is 15.6 Å². The fraction of sp³-hybridized carbons (Fsp3) is 0.500. The Kier molecular flexibility index (Phi) is 3.40. The normalized spacial score (nSPS) is 24.9. The summed E-state index contributed by atoms with van der Waals surface area (Å²) in [5, 5.41) is 5.70.